The highest BCUT2D eigenvalue weighted by molar-refractivity contribution is 5.90. The van der Waals surface area contributed by atoms with Gasteiger partial charge >= 0.3 is 0 Å². The summed E-state index contributed by atoms with van der Waals surface area (Å²) in [6, 6.07) is 17.6. The molecular weight excluding hydrogens is 366 g/mol. The van der Waals surface area contributed by atoms with Crippen LogP contribution in [0.3, 0.4) is 0 Å². The Hall–Kier alpha value is -3.81. The van der Waals surface area contributed by atoms with Gasteiger partial charge in [0.25, 0.3) is 0 Å². The molecule has 1 N–H and O–H groups in total. The third-order valence-electron chi connectivity index (χ3n) is 4.60. The molecule has 0 atom stereocenters. The van der Waals surface area contributed by atoms with Crippen LogP contribution in [0, 0.1) is 13.8 Å². The summed E-state index contributed by atoms with van der Waals surface area (Å²) in [4.78, 5) is 12.3. The van der Waals surface area contributed by atoms with Crippen LogP contribution < -0.4 is 5.32 Å². The number of tetrazole rings is 1. The average Bonchev–Trinajstić information content (AvgIpc) is 3.37. The molecule has 0 aliphatic rings. The van der Waals surface area contributed by atoms with Crippen molar-refractivity contribution in [1.29, 1.82) is 0 Å². The highest BCUT2D eigenvalue weighted by Crippen LogP contribution is 2.15. The van der Waals surface area contributed by atoms with Gasteiger partial charge in [0.15, 0.2) is 0 Å². The van der Waals surface area contributed by atoms with Crippen LogP contribution in [0.25, 0.3) is 11.4 Å². The number of nitrogens with one attached hydrogen (secondary N) is 1. The van der Waals surface area contributed by atoms with Gasteiger partial charge < -0.3 is 5.32 Å². The second-order valence-electron chi connectivity index (χ2n) is 6.85. The molecule has 8 nitrogen and oxygen atoms in total. The monoisotopic (exact) mass is 387 g/mol. The molecule has 0 aliphatic carbocycles. The van der Waals surface area contributed by atoms with Crippen molar-refractivity contribution in [3.05, 3.63) is 77.9 Å². The number of aromatic nitrogens is 6. The molecule has 0 saturated carbocycles. The number of amides is 1. The van der Waals surface area contributed by atoms with Crippen molar-refractivity contribution in [2.45, 2.75) is 26.7 Å². The fourth-order valence-corrected chi connectivity index (χ4v) is 3.15. The molecular formula is C21H21N7O. The molecule has 0 unspecified atom stereocenters. The Balaban J connectivity index is 1.32. The lowest BCUT2D eigenvalue weighted by Crippen LogP contribution is -2.12. The number of carbonyl (C=O) groups is 1. The molecule has 2 aromatic heterocycles. The number of carbonyl (C=O) groups excluding carboxylic acids is 1. The molecule has 0 aliphatic heterocycles. The minimum Gasteiger partial charge on any atom is -0.326 e. The quantitative estimate of drug-likeness (QED) is 0.549. The molecule has 146 valence electrons. The maximum absolute atomic E-state index is 12.3. The summed E-state index contributed by atoms with van der Waals surface area (Å²) in [5.74, 6) is -0.0252. The van der Waals surface area contributed by atoms with E-state index in [1.165, 1.54) is 6.33 Å². The first-order chi connectivity index (χ1) is 14.1. The van der Waals surface area contributed by atoms with E-state index >= 15 is 0 Å². The summed E-state index contributed by atoms with van der Waals surface area (Å²) in [5, 5.41) is 18.5. The van der Waals surface area contributed by atoms with Crippen LogP contribution in [0.1, 0.15) is 23.4 Å². The Bertz CT molecular complexity index is 1100. The first-order valence-electron chi connectivity index (χ1n) is 9.34. The summed E-state index contributed by atoms with van der Waals surface area (Å²) in [5.41, 5.74) is 5.79. The second kappa shape index (κ2) is 8.05. The Morgan fingerprint density at radius 1 is 1.00 bits per heavy atom. The predicted octanol–water partition coefficient (Wildman–Crippen LogP) is 3.04. The van der Waals surface area contributed by atoms with Crippen molar-refractivity contribution < 1.29 is 4.79 Å². The maximum Gasteiger partial charge on any atom is 0.224 e. The summed E-state index contributed by atoms with van der Waals surface area (Å²) < 4.78 is 3.48. The fraction of sp³-hybridized carbons (Fsp3) is 0.190. The van der Waals surface area contributed by atoms with Gasteiger partial charge in [0.2, 0.25) is 5.91 Å². The van der Waals surface area contributed by atoms with Crippen molar-refractivity contribution in [3.63, 3.8) is 0 Å². The lowest BCUT2D eigenvalue weighted by molar-refractivity contribution is -0.116. The summed E-state index contributed by atoms with van der Waals surface area (Å²) in [7, 11) is 0. The van der Waals surface area contributed by atoms with Gasteiger partial charge in [0.05, 0.1) is 17.1 Å². The smallest absolute Gasteiger partial charge is 0.224 e. The molecule has 4 rings (SSSR count). The molecule has 0 radical (unpaired) electrons. The summed E-state index contributed by atoms with van der Waals surface area (Å²) in [6.07, 6.45) is 2.60. The van der Waals surface area contributed by atoms with E-state index < -0.39 is 0 Å². The van der Waals surface area contributed by atoms with Gasteiger partial charge in [0.1, 0.15) is 6.33 Å². The fourth-order valence-electron chi connectivity index (χ4n) is 3.15. The Kier molecular flexibility index (Phi) is 5.15. The minimum atomic E-state index is -0.0252. The molecule has 0 saturated heterocycles. The zero-order chi connectivity index (χ0) is 20.2. The third kappa shape index (κ3) is 4.37. The van der Waals surface area contributed by atoms with E-state index in [0.29, 0.717) is 12.8 Å². The first-order valence-corrected chi connectivity index (χ1v) is 9.34. The van der Waals surface area contributed by atoms with E-state index in [-0.39, 0.29) is 5.91 Å². The zero-order valence-corrected chi connectivity index (χ0v) is 16.3. The lowest BCUT2D eigenvalue weighted by Gasteiger charge is -2.08. The van der Waals surface area contributed by atoms with Crippen LogP contribution in [-0.4, -0.2) is 35.9 Å². The number of benzene rings is 2. The Labute approximate surface area is 168 Å². The molecule has 0 bridgehead atoms. The van der Waals surface area contributed by atoms with Gasteiger partial charge in [-0.05, 0) is 78.7 Å². The van der Waals surface area contributed by atoms with Crippen LogP contribution in [0.4, 0.5) is 5.69 Å². The molecule has 2 heterocycles. The average molecular weight is 387 g/mol. The molecule has 8 heteroatoms. The SMILES string of the molecule is Cc1cc(C)n(-c2ccc(CCC(=O)Nc3ccc(-n4cnnn4)cc3)cc2)n1. The molecule has 2 aromatic carbocycles. The van der Waals surface area contributed by atoms with E-state index in [1.54, 1.807) is 4.68 Å². The largest absolute Gasteiger partial charge is 0.326 e. The van der Waals surface area contributed by atoms with Crippen LogP contribution in [0.2, 0.25) is 0 Å². The number of rotatable bonds is 6. The number of aryl methyl sites for hydroxylation is 3. The first kappa shape index (κ1) is 18.5. The standard InChI is InChI=1S/C21H21N7O/c1-15-13-16(2)28(24-15)20-8-3-17(4-9-20)5-12-21(29)23-18-6-10-19(11-7-18)27-14-22-25-26-27/h3-4,6-11,13-14H,5,12H2,1-2H3,(H,23,29). The number of hydrogen-bond acceptors (Lipinski definition) is 5. The normalized spacial score (nSPS) is 10.8. The van der Waals surface area contributed by atoms with Gasteiger partial charge in [-0.15, -0.1) is 5.10 Å². The van der Waals surface area contributed by atoms with Crippen molar-refractivity contribution in [3.8, 4) is 11.4 Å². The van der Waals surface area contributed by atoms with Crippen molar-refractivity contribution >= 4 is 11.6 Å². The van der Waals surface area contributed by atoms with Crippen LogP contribution >= 0.6 is 0 Å². The van der Waals surface area contributed by atoms with Crippen LogP contribution in [0.5, 0.6) is 0 Å². The summed E-state index contributed by atoms with van der Waals surface area (Å²) >= 11 is 0. The third-order valence-corrected chi connectivity index (χ3v) is 4.60. The minimum absolute atomic E-state index is 0.0252. The lowest BCUT2D eigenvalue weighted by atomic mass is 10.1. The molecule has 0 spiro atoms. The van der Waals surface area contributed by atoms with Crippen molar-refractivity contribution in [2.75, 3.05) is 5.32 Å². The van der Waals surface area contributed by atoms with E-state index in [2.05, 4.69) is 25.9 Å². The second-order valence-corrected chi connectivity index (χ2v) is 6.85. The van der Waals surface area contributed by atoms with E-state index in [9.17, 15) is 4.79 Å². The Morgan fingerprint density at radius 2 is 1.72 bits per heavy atom. The molecule has 0 fully saturated rings. The van der Waals surface area contributed by atoms with E-state index in [1.807, 2.05) is 73.1 Å². The van der Waals surface area contributed by atoms with E-state index in [4.69, 9.17) is 0 Å². The number of nitrogens with zero attached hydrogens (tertiary/aromatic N) is 6. The molecule has 4 aromatic rings. The number of anilines is 1. The number of hydrogen-bond donors (Lipinski definition) is 1. The van der Waals surface area contributed by atoms with Gasteiger partial charge in [-0.1, -0.05) is 12.1 Å². The predicted molar refractivity (Wildman–Crippen MR) is 109 cm³/mol. The van der Waals surface area contributed by atoms with Gasteiger partial charge in [-0.3, -0.25) is 4.79 Å². The van der Waals surface area contributed by atoms with Crippen molar-refractivity contribution in [2.24, 2.45) is 0 Å². The van der Waals surface area contributed by atoms with Gasteiger partial charge in [-0.25, -0.2) is 9.36 Å². The molecule has 29 heavy (non-hydrogen) atoms. The van der Waals surface area contributed by atoms with Crippen molar-refractivity contribution in [1.82, 2.24) is 30.0 Å². The van der Waals surface area contributed by atoms with E-state index in [0.717, 1.165) is 34.0 Å². The zero-order valence-electron chi connectivity index (χ0n) is 16.3. The molecule has 1 amide bonds. The topological polar surface area (TPSA) is 90.5 Å². The Morgan fingerprint density at radius 3 is 2.34 bits per heavy atom. The van der Waals surface area contributed by atoms with Crippen LogP contribution in [0.15, 0.2) is 60.9 Å². The van der Waals surface area contributed by atoms with Gasteiger partial charge in [0, 0.05) is 17.8 Å². The van der Waals surface area contributed by atoms with Crippen LogP contribution in [-0.2, 0) is 11.2 Å². The highest BCUT2D eigenvalue weighted by Gasteiger charge is 2.06. The maximum atomic E-state index is 12.3. The summed E-state index contributed by atoms with van der Waals surface area (Å²) in [6.45, 7) is 4.02. The highest BCUT2D eigenvalue weighted by atomic mass is 16.1. The van der Waals surface area contributed by atoms with Gasteiger partial charge in [-0.2, -0.15) is 5.10 Å².